The predicted octanol–water partition coefficient (Wildman–Crippen LogP) is 2.82. The van der Waals surface area contributed by atoms with Gasteiger partial charge in [0.1, 0.15) is 0 Å². The maximum atomic E-state index is 3.49. The first-order valence-corrected chi connectivity index (χ1v) is 8.68. The molecule has 1 saturated heterocycles. The molecule has 1 rings (SSSR count). The Balaban J connectivity index is 1.91. The molecule has 20 heavy (non-hydrogen) atoms. The van der Waals surface area contributed by atoms with Gasteiger partial charge in [-0.05, 0) is 71.9 Å². The van der Waals surface area contributed by atoms with E-state index in [1.807, 2.05) is 0 Å². The molecule has 0 amide bonds. The number of rotatable bonds is 10. The fourth-order valence-electron chi connectivity index (χ4n) is 3.11. The summed E-state index contributed by atoms with van der Waals surface area (Å²) in [6.45, 7) is 10.9. The molecule has 0 unspecified atom stereocenters. The second-order valence-corrected chi connectivity index (χ2v) is 7.07. The molecule has 3 nitrogen and oxygen atoms in total. The highest BCUT2D eigenvalue weighted by Crippen LogP contribution is 2.18. The minimum absolute atomic E-state index is 0.637. The zero-order chi connectivity index (χ0) is 14.8. The summed E-state index contributed by atoms with van der Waals surface area (Å²) in [7, 11) is 4.39. The van der Waals surface area contributed by atoms with Crippen LogP contribution in [0.25, 0.3) is 0 Å². The lowest BCUT2D eigenvalue weighted by Crippen LogP contribution is -2.37. The molecule has 1 aliphatic rings. The van der Waals surface area contributed by atoms with Gasteiger partial charge in [0.2, 0.25) is 0 Å². The van der Waals surface area contributed by atoms with Gasteiger partial charge in [0.25, 0.3) is 0 Å². The van der Waals surface area contributed by atoms with Crippen LogP contribution in [0.5, 0.6) is 0 Å². The van der Waals surface area contributed by atoms with Gasteiger partial charge in [0.15, 0.2) is 0 Å². The van der Waals surface area contributed by atoms with E-state index in [1.165, 1.54) is 71.2 Å². The maximum Gasteiger partial charge on any atom is 0.00103 e. The molecular formula is C17H37N3. The highest BCUT2D eigenvalue weighted by molar-refractivity contribution is 4.73. The van der Waals surface area contributed by atoms with Crippen molar-refractivity contribution in [3.05, 3.63) is 0 Å². The van der Waals surface area contributed by atoms with E-state index in [4.69, 9.17) is 0 Å². The SMILES string of the molecule is CC(C)NCCCCCCN1CCC(CN(C)C)CC1. The van der Waals surface area contributed by atoms with E-state index in [-0.39, 0.29) is 0 Å². The van der Waals surface area contributed by atoms with Crippen LogP contribution in [0, 0.1) is 5.92 Å². The zero-order valence-corrected chi connectivity index (χ0v) is 14.3. The molecule has 0 atom stereocenters. The van der Waals surface area contributed by atoms with Crippen molar-refractivity contribution in [2.24, 2.45) is 5.92 Å². The first kappa shape index (κ1) is 17.9. The van der Waals surface area contributed by atoms with Crippen LogP contribution in [0.4, 0.5) is 0 Å². The lowest BCUT2D eigenvalue weighted by Gasteiger charge is -2.33. The number of unbranched alkanes of at least 4 members (excludes halogenated alkanes) is 3. The Morgan fingerprint density at radius 1 is 1.05 bits per heavy atom. The Morgan fingerprint density at radius 3 is 2.30 bits per heavy atom. The second-order valence-electron chi connectivity index (χ2n) is 7.07. The van der Waals surface area contributed by atoms with Crippen LogP contribution in [-0.4, -0.2) is 62.7 Å². The van der Waals surface area contributed by atoms with E-state index >= 15 is 0 Å². The number of hydrogen-bond acceptors (Lipinski definition) is 3. The maximum absolute atomic E-state index is 3.49. The second kappa shape index (κ2) is 10.6. The summed E-state index contributed by atoms with van der Waals surface area (Å²) in [6, 6.07) is 0.637. The van der Waals surface area contributed by atoms with E-state index < -0.39 is 0 Å². The summed E-state index contributed by atoms with van der Waals surface area (Å²) in [6.07, 6.45) is 8.31. The minimum Gasteiger partial charge on any atom is -0.315 e. The largest absolute Gasteiger partial charge is 0.315 e. The predicted molar refractivity (Wildman–Crippen MR) is 89.3 cm³/mol. The number of piperidine rings is 1. The van der Waals surface area contributed by atoms with Crippen molar-refractivity contribution < 1.29 is 0 Å². The van der Waals surface area contributed by atoms with E-state index in [2.05, 4.69) is 43.1 Å². The number of likely N-dealkylation sites (tertiary alicyclic amines) is 1. The molecule has 1 N–H and O–H groups in total. The molecule has 1 fully saturated rings. The monoisotopic (exact) mass is 283 g/mol. The molecule has 0 aromatic carbocycles. The van der Waals surface area contributed by atoms with Crippen molar-refractivity contribution in [3.63, 3.8) is 0 Å². The van der Waals surface area contributed by atoms with Gasteiger partial charge >= 0.3 is 0 Å². The van der Waals surface area contributed by atoms with Crippen LogP contribution in [-0.2, 0) is 0 Å². The molecule has 120 valence electrons. The van der Waals surface area contributed by atoms with E-state index in [0.717, 1.165) is 5.92 Å². The molecule has 0 saturated carbocycles. The van der Waals surface area contributed by atoms with Gasteiger partial charge in [-0.2, -0.15) is 0 Å². The lowest BCUT2D eigenvalue weighted by atomic mass is 9.96. The summed E-state index contributed by atoms with van der Waals surface area (Å²) >= 11 is 0. The highest BCUT2D eigenvalue weighted by atomic mass is 15.1. The molecule has 0 aliphatic carbocycles. The lowest BCUT2D eigenvalue weighted by molar-refractivity contribution is 0.160. The van der Waals surface area contributed by atoms with Crippen LogP contribution in [0.2, 0.25) is 0 Å². The summed E-state index contributed by atoms with van der Waals surface area (Å²) < 4.78 is 0. The van der Waals surface area contributed by atoms with Gasteiger partial charge in [-0.25, -0.2) is 0 Å². The molecule has 1 heterocycles. The zero-order valence-electron chi connectivity index (χ0n) is 14.3. The van der Waals surface area contributed by atoms with Gasteiger partial charge in [-0.3, -0.25) is 0 Å². The third-order valence-electron chi connectivity index (χ3n) is 4.28. The summed E-state index contributed by atoms with van der Waals surface area (Å²) in [4.78, 5) is 5.02. The third-order valence-corrected chi connectivity index (χ3v) is 4.28. The van der Waals surface area contributed by atoms with Crippen molar-refractivity contribution in [2.75, 3.05) is 46.8 Å². The molecule has 1 aliphatic heterocycles. The van der Waals surface area contributed by atoms with Crippen LogP contribution in [0.15, 0.2) is 0 Å². The fraction of sp³-hybridized carbons (Fsp3) is 1.00. The summed E-state index contributed by atoms with van der Waals surface area (Å²) in [5.41, 5.74) is 0. The molecule has 0 aromatic heterocycles. The Kier molecular flexibility index (Phi) is 9.49. The molecule has 0 bridgehead atoms. The van der Waals surface area contributed by atoms with Gasteiger partial charge in [-0.15, -0.1) is 0 Å². The molecule has 3 heteroatoms. The Hall–Kier alpha value is -0.120. The molecule has 0 aromatic rings. The van der Waals surface area contributed by atoms with Crippen molar-refractivity contribution in [1.82, 2.24) is 15.1 Å². The van der Waals surface area contributed by atoms with Crippen LogP contribution >= 0.6 is 0 Å². The van der Waals surface area contributed by atoms with Crippen LogP contribution in [0.3, 0.4) is 0 Å². The highest BCUT2D eigenvalue weighted by Gasteiger charge is 2.18. The van der Waals surface area contributed by atoms with Crippen LogP contribution in [0.1, 0.15) is 52.4 Å². The van der Waals surface area contributed by atoms with E-state index in [1.54, 1.807) is 0 Å². The third kappa shape index (κ3) is 8.93. The average Bonchev–Trinajstić information content (AvgIpc) is 2.38. The molecular weight excluding hydrogens is 246 g/mol. The quantitative estimate of drug-likeness (QED) is 0.622. The number of hydrogen-bond donors (Lipinski definition) is 1. The van der Waals surface area contributed by atoms with Gasteiger partial charge in [0, 0.05) is 12.6 Å². The van der Waals surface area contributed by atoms with Crippen LogP contribution < -0.4 is 5.32 Å². The van der Waals surface area contributed by atoms with Crippen molar-refractivity contribution in [2.45, 2.75) is 58.4 Å². The average molecular weight is 284 g/mol. The molecule has 0 spiro atoms. The summed E-state index contributed by atoms with van der Waals surface area (Å²) in [5, 5.41) is 3.49. The van der Waals surface area contributed by atoms with Gasteiger partial charge in [-0.1, -0.05) is 26.7 Å². The Morgan fingerprint density at radius 2 is 1.70 bits per heavy atom. The van der Waals surface area contributed by atoms with Gasteiger partial charge < -0.3 is 15.1 Å². The van der Waals surface area contributed by atoms with Crippen molar-refractivity contribution in [1.29, 1.82) is 0 Å². The summed E-state index contributed by atoms with van der Waals surface area (Å²) in [5.74, 6) is 0.934. The Labute approximate surface area is 127 Å². The topological polar surface area (TPSA) is 18.5 Å². The Bertz CT molecular complexity index is 220. The van der Waals surface area contributed by atoms with Crippen molar-refractivity contribution >= 4 is 0 Å². The first-order valence-electron chi connectivity index (χ1n) is 8.68. The van der Waals surface area contributed by atoms with E-state index in [0.29, 0.717) is 6.04 Å². The van der Waals surface area contributed by atoms with Crippen molar-refractivity contribution in [3.8, 4) is 0 Å². The van der Waals surface area contributed by atoms with Gasteiger partial charge in [0.05, 0.1) is 0 Å². The smallest absolute Gasteiger partial charge is 0.00103 e. The fourth-order valence-corrected chi connectivity index (χ4v) is 3.11. The number of nitrogens with one attached hydrogen (secondary N) is 1. The normalized spacial score (nSPS) is 18.3. The first-order chi connectivity index (χ1) is 9.58. The minimum atomic E-state index is 0.637. The number of nitrogens with zero attached hydrogens (tertiary/aromatic N) is 2. The van der Waals surface area contributed by atoms with E-state index in [9.17, 15) is 0 Å². The standard InChI is InChI=1S/C17H37N3/c1-16(2)18-11-7-5-6-8-12-20-13-9-17(10-14-20)15-19(3)4/h16-18H,5-15H2,1-4H3. The molecule has 0 radical (unpaired) electrons.